The molecule has 20 aromatic carbocycles. The van der Waals surface area contributed by atoms with Gasteiger partial charge in [0.25, 0.3) is 0 Å². The van der Waals surface area contributed by atoms with Gasteiger partial charge in [-0.05, 0) is 297 Å². The first-order valence-electron chi connectivity index (χ1n) is 49.2. The van der Waals surface area contributed by atoms with Gasteiger partial charge in [-0.25, -0.2) is 4.85 Å². The van der Waals surface area contributed by atoms with E-state index in [-0.39, 0.29) is 0 Å². The van der Waals surface area contributed by atoms with Gasteiger partial charge in [0.15, 0.2) is 5.69 Å². The molecule has 0 saturated heterocycles. The summed E-state index contributed by atoms with van der Waals surface area (Å²) in [6.45, 7) is 27.3. The Labute approximate surface area is 827 Å². The molecule has 0 unspecified atom stereocenters. The van der Waals surface area contributed by atoms with Gasteiger partial charge in [-0.3, -0.25) is 0 Å². The standard InChI is InChI=1S/C45H37N3.2C33H27N.C23H20N2/c1-33(2)34-23-25-39(26-24-34)48-44-29-27-40(46(35-15-7-3-8-16-35)36-17-9-4-10-18-36)31-42(44)43-32-41(28-30-45(43)48)47(37-19-11-5-12-20-37)38-21-13-6-14-22-38;1-23(2)24-19-21-27(22-20-24)34-30-17-9-15-28(25-11-5-3-6-12-25)32(30)33-29(16-10-18-31(33)34)26-13-7-4-8-14-26;1-23(2)24-13-17-29(18-14-24)34-32-19-15-27(25-9-5-3-6-10-25)21-30(32)31-22-28(16-20-33(31)34)26-11-7-4-8-12-26;1-15(2)17-6-9-19(10-7-17)25-22-11-5-16(3)13-20(22)21-14-18(24-4)8-12-23(21)25/h3-33H,1-2H3;2*3-23H,1-2H3;5-15H,1-3H3. The van der Waals surface area contributed by atoms with E-state index in [0.29, 0.717) is 29.4 Å². The Morgan fingerprint density at radius 2 is 0.454 bits per heavy atom. The van der Waals surface area contributed by atoms with E-state index in [1.165, 1.54) is 160 Å². The molecular formula is C134H111N7. The highest BCUT2D eigenvalue weighted by Crippen LogP contribution is 2.48. The second-order valence-corrected chi connectivity index (χ2v) is 37.9. The Balaban J connectivity index is 0.000000114. The summed E-state index contributed by atoms with van der Waals surface area (Å²) in [5.41, 5.74) is 38.3. The van der Waals surface area contributed by atoms with E-state index in [0.717, 1.165) is 56.4 Å². The lowest BCUT2D eigenvalue weighted by Crippen LogP contribution is -2.09. The third-order valence-corrected chi connectivity index (χ3v) is 27.6. The van der Waals surface area contributed by atoms with Gasteiger partial charge < -0.3 is 28.1 Å². The largest absolute Gasteiger partial charge is 0.310 e. The second kappa shape index (κ2) is 39.8. The van der Waals surface area contributed by atoms with Crippen molar-refractivity contribution in [3.63, 3.8) is 0 Å². The van der Waals surface area contributed by atoms with Gasteiger partial charge in [-0.2, -0.15) is 0 Å². The summed E-state index contributed by atoms with van der Waals surface area (Å²) in [5.74, 6) is 2.04. The normalized spacial score (nSPS) is 11.4. The molecule has 4 heterocycles. The first kappa shape index (κ1) is 90.2. The van der Waals surface area contributed by atoms with Crippen LogP contribution in [0.1, 0.15) is 107 Å². The van der Waals surface area contributed by atoms with Crippen molar-refractivity contribution < 1.29 is 0 Å². The number of hydrogen-bond acceptors (Lipinski definition) is 2. The van der Waals surface area contributed by atoms with Crippen LogP contribution in [0, 0.1) is 13.5 Å². The van der Waals surface area contributed by atoms with Crippen molar-refractivity contribution in [2.45, 2.75) is 86.0 Å². The maximum absolute atomic E-state index is 7.32. The van der Waals surface area contributed by atoms with E-state index in [2.05, 4.69) is 568 Å². The van der Waals surface area contributed by atoms with Gasteiger partial charge in [-0.15, -0.1) is 0 Å². The van der Waals surface area contributed by atoms with Crippen LogP contribution in [0.15, 0.2) is 485 Å². The molecule has 24 rings (SSSR count). The van der Waals surface area contributed by atoms with Gasteiger partial charge >= 0.3 is 0 Å². The second-order valence-electron chi connectivity index (χ2n) is 37.9. The van der Waals surface area contributed by atoms with Crippen LogP contribution in [0.5, 0.6) is 0 Å². The molecule has 0 aliphatic heterocycles. The molecule has 0 N–H and O–H groups in total. The number of fused-ring (bicyclic) bond motifs is 12. The Morgan fingerprint density at radius 1 is 0.199 bits per heavy atom. The van der Waals surface area contributed by atoms with E-state index in [4.69, 9.17) is 6.57 Å². The van der Waals surface area contributed by atoms with E-state index in [1.54, 1.807) is 0 Å². The summed E-state index contributed by atoms with van der Waals surface area (Å²) in [4.78, 5) is 8.28. The van der Waals surface area contributed by atoms with Crippen molar-refractivity contribution in [2.24, 2.45) is 0 Å². The van der Waals surface area contributed by atoms with Crippen LogP contribution in [0.25, 0.3) is 159 Å². The fourth-order valence-electron chi connectivity index (χ4n) is 20.3. The summed E-state index contributed by atoms with van der Waals surface area (Å²) in [6, 6.07) is 175. The zero-order chi connectivity index (χ0) is 96.1. The molecular weight excluding hydrogens is 1710 g/mol. The monoisotopic (exact) mass is 1820 g/mol. The van der Waals surface area contributed by atoms with Crippen LogP contribution in [-0.2, 0) is 0 Å². The minimum Gasteiger partial charge on any atom is -0.310 e. The SMILES string of the molecule is CC(C)c1ccc(-n2c3ccc(-c4ccccc4)cc3c3cc(-c4ccccc4)ccc32)cc1.CC(C)c1ccc(-n2c3ccc(N(c4ccccc4)c4ccccc4)cc3c3cc(N(c4ccccc4)c4ccccc4)ccc32)cc1.CC(C)c1ccc(-n2c3cccc(-c4ccccc4)c3c3c(-c4ccccc4)cccc32)cc1.[C-]#[N+]c1ccc2c(c1)c1cc(C)ccc1n2-c1ccc(C(C)C)cc1. The van der Waals surface area contributed by atoms with Crippen molar-refractivity contribution >= 4 is 127 Å². The minimum atomic E-state index is 0.478. The molecule has 7 nitrogen and oxygen atoms in total. The molecule has 7 heteroatoms. The third-order valence-electron chi connectivity index (χ3n) is 27.6. The van der Waals surface area contributed by atoms with Crippen LogP contribution in [-0.4, -0.2) is 18.3 Å². The van der Waals surface area contributed by atoms with E-state index in [1.807, 2.05) is 12.1 Å². The first-order valence-corrected chi connectivity index (χ1v) is 49.2. The molecule has 0 fully saturated rings. The molecule has 0 radical (unpaired) electrons. The summed E-state index contributed by atoms with van der Waals surface area (Å²) in [5, 5.41) is 9.91. The molecule has 4 aromatic heterocycles. The number of aromatic nitrogens is 4. The summed E-state index contributed by atoms with van der Waals surface area (Å²) >= 11 is 0. The molecule has 0 atom stereocenters. The zero-order valence-electron chi connectivity index (χ0n) is 81.1. The Bertz CT molecular complexity index is 8180. The minimum absolute atomic E-state index is 0.478. The van der Waals surface area contributed by atoms with Crippen molar-refractivity contribution in [1.29, 1.82) is 0 Å². The quantitative estimate of drug-likeness (QED) is 0.0802. The Kier molecular flexibility index (Phi) is 25.4. The lowest BCUT2D eigenvalue weighted by Gasteiger charge is -2.26. The molecule has 0 spiro atoms. The molecule has 0 amide bonds. The lowest BCUT2D eigenvalue weighted by atomic mass is 9.95. The lowest BCUT2D eigenvalue weighted by molar-refractivity contribution is 0.865. The van der Waals surface area contributed by atoms with Gasteiger partial charge in [0.2, 0.25) is 0 Å². The zero-order valence-corrected chi connectivity index (χ0v) is 81.1. The Morgan fingerprint density at radius 3 is 0.759 bits per heavy atom. The highest BCUT2D eigenvalue weighted by atomic mass is 15.2. The van der Waals surface area contributed by atoms with E-state index < -0.39 is 0 Å². The van der Waals surface area contributed by atoms with Crippen LogP contribution in [0.2, 0.25) is 0 Å². The molecule has 682 valence electrons. The fourth-order valence-corrected chi connectivity index (χ4v) is 20.3. The van der Waals surface area contributed by atoms with Crippen LogP contribution >= 0.6 is 0 Å². The number of benzene rings is 20. The fraction of sp³-hybridized carbons (Fsp3) is 0.0970. The average molecular weight is 1820 g/mol. The van der Waals surface area contributed by atoms with Crippen molar-refractivity contribution in [3.05, 3.63) is 525 Å². The first-order chi connectivity index (χ1) is 69.1. The van der Waals surface area contributed by atoms with Gasteiger partial charge in [-0.1, -0.05) is 352 Å². The highest BCUT2D eigenvalue weighted by molar-refractivity contribution is 6.21. The third kappa shape index (κ3) is 18.0. The van der Waals surface area contributed by atoms with Crippen LogP contribution in [0.4, 0.5) is 39.8 Å². The van der Waals surface area contributed by atoms with Gasteiger partial charge in [0.05, 0.1) is 50.7 Å². The maximum Gasteiger partial charge on any atom is 0.188 e. The van der Waals surface area contributed by atoms with Crippen LogP contribution < -0.4 is 9.80 Å². The number of hydrogen-bond donors (Lipinski definition) is 0. The van der Waals surface area contributed by atoms with E-state index in [9.17, 15) is 0 Å². The molecule has 0 saturated carbocycles. The topological polar surface area (TPSA) is 30.6 Å². The molecule has 0 aliphatic carbocycles. The smallest absolute Gasteiger partial charge is 0.188 e. The van der Waals surface area contributed by atoms with Gasteiger partial charge in [0.1, 0.15) is 0 Å². The average Bonchev–Trinajstić information content (AvgIpc) is 1.11. The summed E-state index contributed by atoms with van der Waals surface area (Å²) in [7, 11) is 0. The predicted octanol–water partition coefficient (Wildman–Crippen LogP) is 38.1. The van der Waals surface area contributed by atoms with Crippen molar-refractivity contribution in [1.82, 2.24) is 18.3 Å². The molecule has 141 heavy (non-hydrogen) atoms. The van der Waals surface area contributed by atoms with Crippen LogP contribution in [0.3, 0.4) is 0 Å². The number of para-hydroxylation sites is 4. The molecule has 24 aromatic rings. The number of nitrogens with zero attached hydrogens (tertiary/aromatic N) is 7. The molecule has 0 bridgehead atoms. The number of anilines is 6. The Hall–Kier alpha value is -17.3. The van der Waals surface area contributed by atoms with Crippen molar-refractivity contribution in [3.8, 4) is 67.3 Å². The number of rotatable bonds is 18. The van der Waals surface area contributed by atoms with Gasteiger partial charge in [0, 0.05) is 94.6 Å². The highest BCUT2D eigenvalue weighted by Gasteiger charge is 2.25. The summed E-state index contributed by atoms with van der Waals surface area (Å²) in [6.07, 6.45) is 0. The molecule has 0 aliphatic rings. The van der Waals surface area contributed by atoms with E-state index >= 15 is 0 Å². The maximum atomic E-state index is 7.32. The summed E-state index contributed by atoms with van der Waals surface area (Å²) < 4.78 is 9.53. The predicted molar refractivity (Wildman–Crippen MR) is 602 cm³/mol. The van der Waals surface area contributed by atoms with Crippen molar-refractivity contribution in [2.75, 3.05) is 9.80 Å². The number of aryl methyl sites for hydroxylation is 1.